The van der Waals surface area contributed by atoms with E-state index in [0.29, 0.717) is 12.2 Å². The number of anilines is 1. The van der Waals surface area contributed by atoms with Crippen LogP contribution in [0.2, 0.25) is 0 Å². The number of fused-ring (bicyclic) bond motifs is 1. The van der Waals surface area contributed by atoms with E-state index >= 15 is 0 Å². The molecule has 0 atom stereocenters. The number of carbonyl (C=O) groups is 1. The lowest BCUT2D eigenvalue weighted by Crippen LogP contribution is -2.33. The number of aromatic nitrogens is 1. The topological polar surface area (TPSA) is 33.2 Å². The van der Waals surface area contributed by atoms with Crippen LogP contribution in [0.15, 0.2) is 0 Å². The monoisotopic (exact) mass is 264 g/mol. The summed E-state index contributed by atoms with van der Waals surface area (Å²) in [6.07, 6.45) is 6.52. The summed E-state index contributed by atoms with van der Waals surface area (Å²) in [6.45, 7) is 4.50. The molecule has 0 N–H and O–H groups in total. The molecule has 1 aliphatic heterocycles. The minimum absolute atomic E-state index is 0.309. The summed E-state index contributed by atoms with van der Waals surface area (Å²) in [5, 5.41) is 1.09. The molecule has 1 aromatic heterocycles. The van der Waals surface area contributed by atoms with Crippen LogP contribution in [-0.4, -0.2) is 23.9 Å². The fourth-order valence-electron chi connectivity index (χ4n) is 2.92. The maximum absolute atomic E-state index is 11.8. The van der Waals surface area contributed by atoms with E-state index in [1.807, 2.05) is 0 Å². The van der Waals surface area contributed by atoms with E-state index in [9.17, 15) is 4.79 Å². The van der Waals surface area contributed by atoms with Crippen LogP contribution in [0.25, 0.3) is 0 Å². The van der Waals surface area contributed by atoms with Gasteiger partial charge in [0.25, 0.3) is 0 Å². The Balaban J connectivity index is 1.76. The number of hydrogen-bond donors (Lipinski definition) is 0. The van der Waals surface area contributed by atoms with Gasteiger partial charge in [-0.05, 0) is 31.6 Å². The van der Waals surface area contributed by atoms with Crippen LogP contribution in [0.4, 0.5) is 5.13 Å². The highest BCUT2D eigenvalue weighted by Crippen LogP contribution is 2.33. The van der Waals surface area contributed by atoms with Crippen molar-refractivity contribution in [3.8, 4) is 0 Å². The first-order valence-electron chi connectivity index (χ1n) is 7.05. The molecule has 0 aromatic carbocycles. The Labute approximate surface area is 112 Å². The normalized spacial score (nSPS) is 21.2. The summed E-state index contributed by atoms with van der Waals surface area (Å²) in [6, 6.07) is 0. The molecule has 1 saturated heterocycles. The van der Waals surface area contributed by atoms with Crippen LogP contribution >= 0.6 is 11.3 Å². The van der Waals surface area contributed by atoms with Crippen LogP contribution in [-0.2, 0) is 6.42 Å². The highest BCUT2D eigenvalue weighted by atomic mass is 32.1. The minimum Gasteiger partial charge on any atom is -0.348 e. The number of piperidine rings is 1. The molecule has 1 fully saturated rings. The van der Waals surface area contributed by atoms with Crippen molar-refractivity contribution in [1.29, 1.82) is 0 Å². The molecule has 98 valence electrons. The molecule has 0 amide bonds. The maximum atomic E-state index is 11.8. The predicted molar refractivity (Wildman–Crippen MR) is 74.6 cm³/mol. The van der Waals surface area contributed by atoms with Crippen LogP contribution < -0.4 is 4.90 Å². The van der Waals surface area contributed by atoms with Gasteiger partial charge < -0.3 is 4.90 Å². The van der Waals surface area contributed by atoms with E-state index in [1.54, 1.807) is 11.3 Å². The predicted octanol–water partition coefficient (Wildman–Crippen LogP) is 3.29. The zero-order chi connectivity index (χ0) is 12.5. The van der Waals surface area contributed by atoms with Crippen molar-refractivity contribution in [3.05, 3.63) is 10.6 Å². The Morgan fingerprint density at radius 3 is 2.78 bits per heavy atom. The van der Waals surface area contributed by atoms with Gasteiger partial charge in [-0.1, -0.05) is 24.7 Å². The smallest absolute Gasteiger partial charge is 0.186 e. The van der Waals surface area contributed by atoms with Gasteiger partial charge in [-0.15, -0.1) is 0 Å². The lowest BCUT2D eigenvalue weighted by atomic mass is 9.95. The second-order valence-corrected chi connectivity index (χ2v) is 6.37. The van der Waals surface area contributed by atoms with Gasteiger partial charge in [0.2, 0.25) is 0 Å². The first-order valence-corrected chi connectivity index (χ1v) is 7.87. The Bertz CT molecular complexity index is 447. The number of nitrogens with zero attached hydrogens (tertiary/aromatic N) is 2. The van der Waals surface area contributed by atoms with E-state index in [2.05, 4.69) is 11.8 Å². The Hall–Kier alpha value is -0.900. The van der Waals surface area contributed by atoms with Crippen molar-refractivity contribution in [2.75, 3.05) is 18.0 Å². The quantitative estimate of drug-likeness (QED) is 0.822. The van der Waals surface area contributed by atoms with Gasteiger partial charge in [-0.2, -0.15) is 0 Å². The van der Waals surface area contributed by atoms with Crippen molar-refractivity contribution >= 4 is 22.3 Å². The average Bonchev–Trinajstić information content (AvgIpc) is 2.84. The molecule has 18 heavy (non-hydrogen) atoms. The molecule has 4 heteroatoms. The molecule has 2 heterocycles. The van der Waals surface area contributed by atoms with Gasteiger partial charge in [0.15, 0.2) is 10.9 Å². The second-order valence-electron chi connectivity index (χ2n) is 5.39. The molecular formula is C14H20N2OS. The van der Waals surface area contributed by atoms with Crippen LogP contribution in [0.5, 0.6) is 0 Å². The van der Waals surface area contributed by atoms with E-state index in [0.717, 1.165) is 47.6 Å². The maximum Gasteiger partial charge on any atom is 0.186 e. The van der Waals surface area contributed by atoms with Gasteiger partial charge in [-0.25, -0.2) is 4.98 Å². The van der Waals surface area contributed by atoms with E-state index in [-0.39, 0.29) is 0 Å². The van der Waals surface area contributed by atoms with E-state index in [1.165, 1.54) is 19.3 Å². The molecule has 0 bridgehead atoms. The van der Waals surface area contributed by atoms with Crippen molar-refractivity contribution < 1.29 is 4.79 Å². The number of aryl methyl sites for hydroxylation is 1. The first-order chi connectivity index (χ1) is 8.78. The number of thiazole rings is 1. The van der Waals surface area contributed by atoms with Crippen molar-refractivity contribution in [3.63, 3.8) is 0 Å². The molecule has 0 spiro atoms. The van der Waals surface area contributed by atoms with Crippen molar-refractivity contribution in [2.24, 2.45) is 5.92 Å². The molecule has 2 aliphatic rings. The largest absolute Gasteiger partial charge is 0.348 e. The molecule has 0 radical (unpaired) electrons. The minimum atomic E-state index is 0.309. The third-order valence-electron chi connectivity index (χ3n) is 4.22. The fraction of sp³-hybridized carbons (Fsp3) is 0.714. The first kappa shape index (κ1) is 12.2. The number of Topliss-reactive ketones (excluding diaryl/α,β-unsaturated/α-hetero) is 1. The lowest BCUT2D eigenvalue weighted by Gasteiger charge is -2.31. The summed E-state index contributed by atoms with van der Waals surface area (Å²) in [5.74, 6) is 1.20. The molecule has 1 aromatic rings. The van der Waals surface area contributed by atoms with E-state index < -0.39 is 0 Å². The average molecular weight is 264 g/mol. The van der Waals surface area contributed by atoms with Gasteiger partial charge in [0, 0.05) is 19.5 Å². The SMILES string of the molecule is CCC1CCN(c2nc3c(s2)C(=O)CCC3)CC1. The number of ketones is 1. The summed E-state index contributed by atoms with van der Waals surface area (Å²) < 4.78 is 0. The second kappa shape index (κ2) is 5.00. The lowest BCUT2D eigenvalue weighted by molar-refractivity contribution is 0.0976. The summed E-state index contributed by atoms with van der Waals surface area (Å²) in [4.78, 5) is 19.8. The van der Waals surface area contributed by atoms with Crippen LogP contribution in [0.1, 0.15) is 54.4 Å². The third-order valence-corrected chi connectivity index (χ3v) is 5.42. The highest BCUT2D eigenvalue weighted by Gasteiger charge is 2.26. The van der Waals surface area contributed by atoms with Gasteiger partial charge >= 0.3 is 0 Å². The van der Waals surface area contributed by atoms with Gasteiger partial charge in [0.05, 0.1) is 10.6 Å². The van der Waals surface area contributed by atoms with Crippen LogP contribution in [0.3, 0.4) is 0 Å². The fourth-order valence-corrected chi connectivity index (χ4v) is 4.06. The summed E-state index contributed by atoms with van der Waals surface area (Å²) in [5.41, 5.74) is 1.06. The molecule has 0 saturated carbocycles. The van der Waals surface area contributed by atoms with Crippen molar-refractivity contribution in [2.45, 2.75) is 45.4 Å². The molecule has 3 rings (SSSR count). The summed E-state index contributed by atoms with van der Waals surface area (Å²) in [7, 11) is 0. The van der Waals surface area contributed by atoms with E-state index in [4.69, 9.17) is 4.98 Å². The third kappa shape index (κ3) is 2.18. The number of rotatable bonds is 2. The Morgan fingerprint density at radius 1 is 1.33 bits per heavy atom. The molecular weight excluding hydrogens is 244 g/mol. The number of carbonyl (C=O) groups excluding carboxylic acids is 1. The van der Waals surface area contributed by atoms with Gasteiger partial charge in [-0.3, -0.25) is 4.79 Å². The number of hydrogen-bond acceptors (Lipinski definition) is 4. The molecule has 3 nitrogen and oxygen atoms in total. The zero-order valence-electron chi connectivity index (χ0n) is 10.9. The van der Waals surface area contributed by atoms with Gasteiger partial charge in [0.1, 0.15) is 0 Å². The standard InChI is InChI=1S/C14H20N2OS/c1-2-10-6-8-16(9-7-10)14-15-11-4-3-5-12(17)13(11)18-14/h10H,2-9H2,1H3. The van der Waals surface area contributed by atoms with Crippen LogP contribution in [0, 0.1) is 5.92 Å². The highest BCUT2D eigenvalue weighted by molar-refractivity contribution is 7.17. The Morgan fingerprint density at radius 2 is 2.11 bits per heavy atom. The Kier molecular flexibility index (Phi) is 3.37. The van der Waals surface area contributed by atoms with Crippen molar-refractivity contribution in [1.82, 2.24) is 4.98 Å². The molecule has 0 unspecified atom stereocenters. The summed E-state index contributed by atoms with van der Waals surface area (Å²) >= 11 is 1.62. The molecule has 1 aliphatic carbocycles. The zero-order valence-corrected chi connectivity index (χ0v) is 11.8.